The molecule has 1 fully saturated rings. The van der Waals surface area contributed by atoms with Crippen LogP contribution in [0.25, 0.3) is 11.0 Å². The average Bonchev–Trinajstić information content (AvgIpc) is 3.23. The number of ether oxygens (including phenoxy) is 2. The molecular formula is C25H29Cl2F3N4O5. The lowest BCUT2D eigenvalue weighted by Gasteiger charge is -2.26. The van der Waals surface area contributed by atoms with E-state index in [1.807, 2.05) is 28.8 Å². The number of aliphatic hydroxyl groups excluding tert-OH is 1. The number of carboxylic acids is 1. The van der Waals surface area contributed by atoms with Gasteiger partial charge in [0, 0.05) is 24.7 Å². The van der Waals surface area contributed by atoms with Gasteiger partial charge in [-0.2, -0.15) is 13.2 Å². The Labute approximate surface area is 233 Å². The smallest absolute Gasteiger partial charge is 0.489 e. The number of morpholine rings is 1. The number of nitrogens with one attached hydrogen (secondary N) is 1. The second kappa shape index (κ2) is 14.6. The molecule has 39 heavy (non-hydrogen) atoms. The molecule has 1 aliphatic heterocycles. The molecule has 1 unspecified atom stereocenters. The maximum absolute atomic E-state index is 10.7. The first-order chi connectivity index (χ1) is 18.5. The Balaban J connectivity index is 0.000000532. The lowest BCUT2D eigenvalue weighted by molar-refractivity contribution is -0.192. The zero-order chi connectivity index (χ0) is 28.4. The zero-order valence-electron chi connectivity index (χ0n) is 20.8. The molecule has 9 nitrogen and oxygen atoms in total. The molecular weight excluding hydrogens is 564 g/mol. The lowest BCUT2D eigenvalue weighted by atomic mass is 10.3. The van der Waals surface area contributed by atoms with Crippen molar-refractivity contribution in [2.24, 2.45) is 0 Å². The second-order valence-corrected chi connectivity index (χ2v) is 9.46. The summed E-state index contributed by atoms with van der Waals surface area (Å²) < 4.78 is 44.9. The predicted octanol–water partition coefficient (Wildman–Crippen LogP) is 4.55. The Hall–Kier alpha value is -2.77. The van der Waals surface area contributed by atoms with Crippen molar-refractivity contribution in [1.29, 1.82) is 0 Å². The Morgan fingerprint density at radius 3 is 2.54 bits per heavy atom. The van der Waals surface area contributed by atoms with Crippen LogP contribution in [0.1, 0.15) is 6.42 Å². The number of rotatable bonds is 10. The van der Waals surface area contributed by atoms with Gasteiger partial charge in [0.2, 0.25) is 5.95 Å². The topological polar surface area (TPSA) is 109 Å². The molecule has 1 saturated heterocycles. The quantitative estimate of drug-likeness (QED) is 0.294. The van der Waals surface area contributed by atoms with Gasteiger partial charge in [0.05, 0.1) is 35.8 Å². The van der Waals surface area contributed by atoms with Crippen LogP contribution in [0.2, 0.25) is 10.0 Å². The van der Waals surface area contributed by atoms with Crippen molar-refractivity contribution >= 4 is 46.2 Å². The fourth-order valence-electron chi connectivity index (χ4n) is 3.76. The van der Waals surface area contributed by atoms with Crippen molar-refractivity contribution in [3.8, 4) is 5.75 Å². The number of aromatic nitrogens is 2. The van der Waals surface area contributed by atoms with Gasteiger partial charge in [-0.3, -0.25) is 4.90 Å². The van der Waals surface area contributed by atoms with Crippen LogP contribution in [0.4, 0.5) is 19.1 Å². The fraction of sp³-hybridized carbons (Fsp3) is 0.440. The van der Waals surface area contributed by atoms with Gasteiger partial charge in [-0.25, -0.2) is 9.78 Å². The first-order valence-corrected chi connectivity index (χ1v) is 12.9. The Kier molecular flexibility index (Phi) is 11.5. The number of aliphatic carboxylic acids is 1. The third kappa shape index (κ3) is 9.73. The highest BCUT2D eigenvalue weighted by Gasteiger charge is 2.38. The first kappa shape index (κ1) is 30.8. The van der Waals surface area contributed by atoms with E-state index in [0.717, 1.165) is 62.8 Å². The lowest BCUT2D eigenvalue weighted by Crippen LogP contribution is -2.37. The predicted molar refractivity (Wildman–Crippen MR) is 142 cm³/mol. The number of anilines is 1. The molecule has 0 aliphatic carbocycles. The van der Waals surface area contributed by atoms with Gasteiger partial charge in [-0.1, -0.05) is 35.3 Å². The van der Waals surface area contributed by atoms with Gasteiger partial charge in [0.25, 0.3) is 0 Å². The van der Waals surface area contributed by atoms with Gasteiger partial charge in [-0.05, 0) is 43.3 Å². The van der Waals surface area contributed by atoms with Crippen LogP contribution in [-0.4, -0.2) is 88.9 Å². The molecule has 3 aromatic rings. The van der Waals surface area contributed by atoms with Crippen molar-refractivity contribution in [2.75, 3.05) is 51.3 Å². The van der Waals surface area contributed by atoms with Crippen molar-refractivity contribution in [1.82, 2.24) is 14.5 Å². The molecule has 4 rings (SSSR count). The van der Waals surface area contributed by atoms with E-state index in [2.05, 4.69) is 10.2 Å². The maximum atomic E-state index is 10.7. The number of nitrogens with zero attached hydrogens (tertiary/aromatic N) is 3. The molecule has 0 spiro atoms. The van der Waals surface area contributed by atoms with Gasteiger partial charge in [0.15, 0.2) is 0 Å². The van der Waals surface area contributed by atoms with Crippen LogP contribution < -0.4 is 10.1 Å². The molecule has 0 saturated carbocycles. The largest absolute Gasteiger partial charge is 0.490 e. The number of benzene rings is 2. The Bertz CT molecular complexity index is 1220. The fourth-order valence-corrected chi connectivity index (χ4v) is 4.23. The SMILES string of the molecule is O=C(O)C(F)(F)F.OC(COc1ccc(Cl)cc1Cl)Cn1c(NCCCN2CCOCC2)nc2ccccc21. The van der Waals surface area contributed by atoms with Crippen molar-refractivity contribution in [3.63, 3.8) is 0 Å². The minimum atomic E-state index is -5.08. The van der Waals surface area contributed by atoms with E-state index in [0.29, 0.717) is 22.3 Å². The van der Waals surface area contributed by atoms with E-state index in [1.165, 1.54) is 0 Å². The highest BCUT2D eigenvalue weighted by molar-refractivity contribution is 6.35. The van der Waals surface area contributed by atoms with Crippen LogP contribution in [-0.2, 0) is 16.1 Å². The summed E-state index contributed by atoms with van der Waals surface area (Å²) in [7, 11) is 0. The number of imidazole rings is 1. The summed E-state index contributed by atoms with van der Waals surface area (Å²) in [6.45, 7) is 5.87. The van der Waals surface area contributed by atoms with Crippen LogP contribution >= 0.6 is 23.2 Å². The maximum Gasteiger partial charge on any atom is 0.490 e. The minimum absolute atomic E-state index is 0.102. The van der Waals surface area contributed by atoms with E-state index in [9.17, 15) is 18.3 Å². The van der Waals surface area contributed by atoms with Crippen LogP contribution in [0.15, 0.2) is 42.5 Å². The third-order valence-corrected chi connectivity index (χ3v) is 6.18. The summed E-state index contributed by atoms with van der Waals surface area (Å²) in [6, 6.07) is 12.9. The number of halogens is 5. The number of alkyl halides is 3. The van der Waals surface area contributed by atoms with Crippen molar-refractivity contribution in [2.45, 2.75) is 25.2 Å². The van der Waals surface area contributed by atoms with Gasteiger partial charge in [0.1, 0.15) is 18.5 Å². The van der Waals surface area contributed by atoms with E-state index in [4.69, 9.17) is 47.6 Å². The molecule has 2 heterocycles. The summed E-state index contributed by atoms with van der Waals surface area (Å²) in [5.74, 6) is -1.52. The summed E-state index contributed by atoms with van der Waals surface area (Å²) in [5.41, 5.74) is 1.85. The number of carboxylic acid groups (broad SMARTS) is 1. The Morgan fingerprint density at radius 1 is 1.18 bits per heavy atom. The summed E-state index contributed by atoms with van der Waals surface area (Å²) in [5, 5.41) is 22.2. The summed E-state index contributed by atoms with van der Waals surface area (Å²) in [4.78, 5) is 16.0. The molecule has 2 aromatic carbocycles. The molecule has 0 amide bonds. The first-order valence-electron chi connectivity index (χ1n) is 12.1. The number of aliphatic hydroxyl groups is 1. The highest BCUT2D eigenvalue weighted by Crippen LogP contribution is 2.28. The number of hydrogen-bond acceptors (Lipinski definition) is 7. The third-order valence-electron chi connectivity index (χ3n) is 5.65. The molecule has 14 heteroatoms. The number of hydrogen-bond donors (Lipinski definition) is 3. The summed E-state index contributed by atoms with van der Waals surface area (Å²) in [6.07, 6.45) is -4.82. The molecule has 1 aromatic heterocycles. The molecule has 214 valence electrons. The monoisotopic (exact) mass is 592 g/mol. The molecule has 3 N–H and O–H groups in total. The molecule has 0 bridgehead atoms. The normalized spacial score (nSPS) is 14.9. The van der Waals surface area contributed by atoms with E-state index in [1.54, 1.807) is 18.2 Å². The standard InChI is InChI=1S/C23H28Cl2N4O3.C2HF3O2/c24-17-6-7-22(19(25)14-17)32-16-18(30)15-29-21-5-2-1-4-20(21)27-23(29)26-8-3-9-28-10-12-31-13-11-28;3-2(4,5)1(6)7/h1-2,4-7,14,18,30H,3,8-13,15-16H2,(H,26,27);(H,6,7). The van der Waals surface area contributed by atoms with Crippen LogP contribution in [0.3, 0.4) is 0 Å². The van der Waals surface area contributed by atoms with Crippen molar-refractivity contribution < 1.29 is 37.7 Å². The number of para-hydroxylation sites is 2. The van der Waals surface area contributed by atoms with E-state index >= 15 is 0 Å². The average molecular weight is 593 g/mol. The van der Waals surface area contributed by atoms with E-state index in [-0.39, 0.29) is 6.61 Å². The minimum Gasteiger partial charge on any atom is -0.489 e. The number of fused-ring (bicyclic) bond motifs is 1. The van der Waals surface area contributed by atoms with Crippen LogP contribution in [0.5, 0.6) is 5.75 Å². The van der Waals surface area contributed by atoms with Gasteiger partial charge in [-0.15, -0.1) is 0 Å². The van der Waals surface area contributed by atoms with Crippen LogP contribution in [0, 0.1) is 0 Å². The van der Waals surface area contributed by atoms with E-state index < -0.39 is 18.2 Å². The molecule has 0 radical (unpaired) electrons. The summed E-state index contributed by atoms with van der Waals surface area (Å²) >= 11 is 12.1. The molecule has 1 atom stereocenters. The van der Waals surface area contributed by atoms with Crippen molar-refractivity contribution in [3.05, 3.63) is 52.5 Å². The molecule has 1 aliphatic rings. The van der Waals surface area contributed by atoms with Gasteiger partial charge < -0.3 is 29.6 Å². The second-order valence-electron chi connectivity index (χ2n) is 8.61. The zero-order valence-corrected chi connectivity index (χ0v) is 22.3. The highest BCUT2D eigenvalue weighted by atomic mass is 35.5. The Morgan fingerprint density at radius 2 is 1.87 bits per heavy atom. The van der Waals surface area contributed by atoms with Gasteiger partial charge >= 0.3 is 12.1 Å². The number of carbonyl (C=O) groups is 1.